The van der Waals surface area contributed by atoms with Crippen LogP contribution < -0.4 is 4.72 Å². The van der Waals surface area contributed by atoms with Crippen molar-refractivity contribution in [3.05, 3.63) is 89.2 Å². The van der Waals surface area contributed by atoms with Gasteiger partial charge in [-0.3, -0.25) is 4.72 Å². The SMILES string of the molecule is CCOC(=O)c1ccc(S(=O)(=O)Nc2ccc3c(c2)nc(CCc2ccc(C#N)cc2)n3C)cc1. The number of aryl methyl sites for hydroxylation is 3. The van der Waals surface area contributed by atoms with Crippen LogP contribution in [0, 0.1) is 11.3 Å². The van der Waals surface area contributed by atoms with Crippen LogP contribution in [0.2, 0.25) is 0 Å². The summed E-state index contributed by atoms with van der Waals surface area (Å²) in [5.41, 5.74) is 3.99. The number of carbonyl (C=O) groups excluding carboxylic acids is 1. The van der Waals surface area contributed by atoms with Crippen molar-refractivity contribution in [1.82, 2.24) is 9.55 Å². The number of imidazole rings is 1. The molecule has 35 heavy (non-hydrogen) atoms. The molecule has 0 unspecified atom stereocenters. The van der Waals surface area contributed by atoms with Crippen LogP contribution in [-0.2, 0) is 34.6 Å². The summed E-state index contributed by atoms with van der Waals surface area (Å²) in [4.78, 5) is 16.5. The molecule has 0 radical (unpaired) electrons. The number of hydrogen-bond donors (Lipinski definition) is 1. The lowest BCUT2D eigenvalue weighted by molar-refractivity contribution is 0.0526. The van der Waals surface area contributed by atoms with Gasteiger partial charge in [-0.2, -0.15) is 5.26 Å². The van der Waals surface area contributed by atoms with E-state index in [2.05, 4.69) is 10.8 Å². The highest BCUT2D eigenvalue weighted by atomic mass is 32.2. The molecule has 0 aliphatic rings. The Labute approximate surface area is 203 Å². The third-order valence-electron chi connectivity index (χ3n) is 5.62. The second kappa shape index (κ2) is 9.99. The first kappa shape index (κ1) is 24.0. The lowest BCUT2D eigenvalue weighted by Crippen LogP contribution is -2.13. The van der Waals surface area contributed by atoms with Crippen LogP contribution in [-0.4, -0.2) is 30.5 Å². The molecule has 0 spiro atoms. The van der Waals surface area contributed by atoms with Crippen LogP contribution in [0.5, 0.6) is 0 Å². The number of hydrogen-bond acceptors (Lipinski definition) is 6. The Hall–Kier alpha value is -4.16. The van der Waals surface area contributed by atoms with E-state index in [1.54, 1.807) is 31.2 Å². The number of aromatic nitrogens is 2. The predicted molar refractivity (Wildman–Crippen MR) is 132 cm³/mol. The van der Waals surface area contributed by atoms with Gasteiger partial charge >= 0.3 is 5.97 Å². The lowest BCUT2D eigenvalue weighted by atomic mass is 10.1. The highest BCUT2D eigenvalue weighted by molar-refractivity contribution is 7.92. The summed E-state index contributed by atoms with van der Waals surface area (Å²) in [6.45, 7) is 1.95. The molecule has 0 atom stereocenters. The van der Waals surface area contributed by atoms with Gasteiger partial charge in [-0.1, -0.05) is 12.1 Å². The Morgan fingerprint density at radius 2 is 1.77 bits per heavy atom. The number of rotatable bonds is 8. The molecule has 0 saturated carbocycles. The van der Waals surface area contributed by atoms with Gasteiger partial charge in [-0.25, -0.2) is 18.2 Å². The van der Waals surface area contributed by atoms with Crippen molar-refractivity contribution < 1.29 is 17.9 Å². The summed E-state index contributed by atoms with van der Waals surface area (Å²) in [6, 6.07) is 20.4. The van der Waals surface area contributed by atoms with Gasteiger partial charge in [0, 0.05) is 13.5 Å². The fourth-order valence-electron chi connectivity index (χ4n) is 3.74. The molecule has 0 aliphatic heterocycles. The first-order chi connectivity index (χ1) is 16.8. The van der Waals surface area contributed by atoms with E-state index in [0.717, 1.165) is 23.3 Å². The van der Waals surface area contributed by atoms with Crippen LogP contribution in [0.4, 0.5) is 5.69 Å². The summed E-state index contributed by atoms with van der Waals surface area (Å²) < 4.78 is 35.2. The van der Waals surface area contributed by atoms with Gasteiger partial charge in [0.1, 0.15) is 5.82 Å². The zero-order chi connectivity index (χ0) is 25.0. The maximum atomic E-state index is 12.8. The van der Waals surface area contributed by atoms with Crippen molar-refractivity contribution in [3.8, 4) is 6.07 Å². The smallest absolute Gasteiger partial charge is 0.338 e. The minimum atomic E-state index is -3.85. The summed E-state index contributed by atoms with van der Waals surface area (Å²) in [6.07, 6.45) is 1.47. The molecular formula is C26H24N4O4S. The minimum absolute atomic E-state index is 0.0368. The number of anilines is 1. The molecule has 1 heterocycles. The quantitative estimate of drug-likeness (QED) is 0.372. The molecule has 0 saturated heterocycles. The summed E-state index contributed by atoms with van der Waals surface area (Å²) in [5.74, 6) is 0.374. The molecule has 0 fully saturated rings. The second-order valence-corrected chi connectivity index (χ2v) is 9.63. The van der Waals surface area contributed by atoms with Crippen molar-refractivity contribution in [3.63, 3.8) is 0 Å². The molecular weight excluding hydrogens is 464 g/mol. The largest absolute Gasteiger partial charge is 0.462 e. The molecule has 3 aromatic carbocycles. The van der Waals surface area contributed by atoms with Gasteiger partial charge < -0.3 is 9.30 Å². The van der Waals surface area contributed by atoms with Crippen molar-refractivity contribution in [1.29, 1.82) is 5.26 Å². The van der Waals surface area contributed by atoms with Gasteiger partial charge in [-0.15, -0.1) is 0 Å². The van der Waals surface area contributed by atoms with Crippen molar-refractivity contribution in [2.24, 2.45) is 7.05 Å². The average molecular weight is 489 g/mol. The number of sulfonamides is 1. The van der Waals surface area contributed by atoms with Gasteiger partial charge in [-0.05, 0) is 73.5 Å². The Balaban J connectivity index is 1.50. The van der Waals surface area contributed by atoms with Crippen molar-refractivity contribution in [2.45, 2.75) is 24.7 Å². The Bertz CT molecular complexity index is 1520. The molecule has 0 amide bonds. The summed E-state index contributed by atoms with van der Waals surface area (Å²) >= 11 is 0. The summed E-state index contributed by atoms with van der Waals surface area (Å²) in [5, 5.41) is 8.94. The highest BCUT2D eigenvalue weighted by Gasteiger charge is 2.17. The number of carbonyl (C=O) groups is 1. The molecule has 4 aromatic rings. The zero-order valence-electron chi connectivity index (χ0n) is 19.4. The minimum Gasteiger partial charge on any atom is -0.462 e. The van der Waals surface area contributed by atoms with E-state index in [1.807, 2.05) is 29.8 Å². The number of nitrogens with one attached hydrogen (secondary N) is 1. The number of benzene rings is 3. The number of nitriles is 1. The van der Waals surface area contributed by atoms with Gasteiger partial charge in [0.15, 0.2) is 0 Å². The van der Waals surface area contributed by atoms with E-state index in [0.29, 0.717) is 23.2 Å². The third kappa shape index (κ3) is 5.34. The van der Waals surface area contributed by atoms with E-state index in [4.69, 9.17) is 15.0 Å². The molecule has 1 aromatic heterocycles. The van der Waals surface area contributed by atoms with E-state index >= 15 is 0 Å². The monoisotopic (exact) mass is 488 g/mol. The summed E-state index contributed by atoms with van der Waals surface area (Å²) in [7, 11) is -1.92. The number of nitrogens with zero attached hydrogens (tertiary/aromatic N) is 3. The van der Waals surface area contributed by atoms with E-state index in [1.165, 1.54) is 24.3 Å². The Morgan fingerprint density at radius 1 is 1.06 bits per heavy atom. The van der Waals surface area contributed by atoms with Crippen LogP contribution in [0.25, 0.3) is 11.0 Å². The predicted octanol–water partition coefficient (Wildman–Crippen LogP) is 4.21. The Kier molecular flexibility index (Phi) is 6.85. The lowest BCUT2D eigenvalue weighted by Gasteiger charge is -2.09. The van der Waals surface area contributed by atoms with Gasteiger partial charge in [0.05, 0.1) is 45.4 Å². The number of esters is 1. The molecule has 9 heteroatoms. The maximum Gasteiger partial charge on any atom is 0.338 e. The van der Waals surface area contributed by atoms with Crippen LogP contribution in [0.15, 0.2) is 71.6 Å². The van der Waals surface area contributed by atoms with E-state index < -0.39 is 16.0 Å². The first-order valence-corrected chi connectivity index (χ1v) is 12.5. The zero-order valence-corrected chi connectivity index (χ0v) is 20.2. The molecule has 0 bridgehead atoms. The molecule has 4 rings (SSSR count). The van der Waals surface area contributed by atoms with E-state index in [-0.39, 0.29) is 17.1 Å². The standard InChI is InChI=1S/C26H24N4O4S/c1-3-34-26(31)20-9-12-22(13-10-20)35(32,33)29-21-11-14-24-23(16-21)28-25(30(24)2)15-8-18-4-6-19(17-27)7-5-18/h4-7,9-14,16,29H,3,8,15H2,1-2H3. The molecule has 0 aliphatic carbocycles. The molecule has 1 N–H and O–H groups in total. The third-order valence-corrected chi connectivity index (χ3v) is 7.02. The molecule has 8 nitrogen and oxygen atoms in total. The van der Waals surface area contributed by atoms with Crippen LogP contribution in [0.3, 0.4) is 0 Å². The number of ether oxygens (including phenoxy) is 1. The second-order valence-electron chi connectivity index (χ2n) is 7.95. The normalized spacial score (nSPS) is 11.2. The fraction of sp³-hybridized carbons (Fsp3) is 0.192. The van der Waals surface area contributed by atoms with Gasteiger partial charge in [0.2, 0.25) is 0 Å². The van der Waals surface area contributed by atoms with E-state index in [9.17, 15) is 13.2 Å². The van der Waals surface area contributed by atoms with Crippen LogP contribution in [0.1, 0.15) is 34.2 Å². The van der Waals surface area contributed by atoms with Crippen molar-refractivity contribution in [2.75, 3.05) is 11.3 Å². The Morgan fingerprint density at radius 3 is 2.43 bits per heavy atom. The fourth-order valence-corrected chi connectivity index (χ4v) is 4.79. The maximum absolute atomic E-state index is 12.8. The van der Waals surface area contributed by atoms with Crippen molar-refractivity contribution >= 4 is 32.7 Å². The topological polar surface area (TPSA) is 114 Å². The van der Waals surface area contributed by atoms with Crippen LogP contribution >= 0.6 is 0 Å². The average Bonchev–Trinajstić information content (AvgIpc) is 3.17. The van der Waals surface area contributed by atoms with Gasteiger partial charge in [0.25, 0.3) is 10.0 Å². The molecule has 178 valence electrons. The first-order valence-electron chi connectivity index (χ1n) is 11.0. The number of fused-ring (bicyclic) bond motifs is 1. The highest BCUT2D eigenvalue weighted by Crippen LogP contribution is 2.23.